The van der Waals surface area contributed by atoms with Crippen LogP contribution in [0.15, 0.2) is 0 Å². The minimum absolute atomic E-state index is 2.00. The zero-order valence-corrected chi connectivity index (χ0v) is 92.0. The lowest BCUT2D eigenvalue weighted by Gasteiger charge is -1.07. The largest absolute Gasteiger partial charge is 0.0683 e. The van der Waals surface area contributed by atoms with Gasteiger partial charge in [0.05, 0.1) is 0 Å². The molecule has 0 aromatic heterocycles. The van der Waals surface area contributed by atoms with Gasteiger partial charge in [0.2, 0.25) is 0 Å². The van der Waals surface area contributed by atoms with Crippen molar-refractivity contribution in [3.05, 3.63) is 0 Å². The van der Waals surface area contributed by atoms with Crippen molar-refractivity contribution < 1.29 is 0 Å². The monoisotopic (exact) mass is 1380 g/mol. The molecule has 0 bridgehead atoms. The summed E-state index contributed by atoms with van der Waals surface area (Å²) in [4.78, 5) is 0. The molecule has 0 aliphatic rings. The van der Waals surface area contributed by atoms with E-state index in [1.54, 1.807) is 0 Å². The quantitative estimate of drug-likeness (QED) is 0.227. The van der Waals surface area contributed by atoms with Crippen LogP contribution in [0.2, 0.25) is 0 Å². The van der Waals surface area contributed by atoms with Gasteiger partial charge in [-0.2, -0.15) is 0 Å². The minimum Gasteiger partial charge on any atom is -0.0683 e. The van der Waals surface area contributed by atoms with Gasteiger partial charge in [0.15, 0.2) is 0 Å². The Hall–Kier alpha value is 0. The number of rotatable bonds is 0. The number of hydrogen-bond acceptors (Lipinski definition) is 0. The van der Waals surface area contributed by atoms with Crippen molar-refractivity contribution in [1.82, 2.24) is 0 Å². The second-order valence-electron chi connectivity index (χ2n) is 0. The second-order valence-corrected chi connectivity index (χ2v) is 0. The fourth-order valence-corrected chi connectivity index (χ4v) is 0. The Morgan fingerprint density at radius 3 is 0.0217 bits per heavy atom. The highest BCUT2D eigenvalue weighted by atomic mass is 13.1. The summed E-state index contributed by atoms with van der Waals surface area (Å²) in [5.41, 5.74) is 0. The van der Waals surface area contributed by atoms with Crippen molar-refractivity contribution >= 4 is 0 Å². The Balaban J connectivity index is -0.00000000534. The molecular weight excluding hydrogens is 1110 g/mol. The van der Waals surface area contributed by atoms with E-state index in [-0.39, 0.29) is 0 Å². The van der Waals surface area contributed by atoms with E-state index in [0.717, 1.165) is 0 Å². The van der Waals surface area contributed by atoms with Crippen LogP contribution in [-0.4, -0.2) is 0 Å². The zero-order valence-electron chi connectivity index (χ0n) is 92.0. The van der Waals surface area contributed by atoms with E-state index in [1.165, 1.54) is 0 Å². The first kappa shape index (κ1) is 360. The molecular formula is C92H276. The Morgan fingerprint density at radius 1 is 0.0217 bits per heavy atom. The standard InChI is InChI=1S/46C2H6/c46*1-2/h46*1-2H3. The summed E-state index contributed by atoms with van der Waals surface area (Å²) in [6.07, 6.45) is 0. The first-order chi connectivity index (χ1) is 46.0. The molecule has 0 aliphatic carbocycles. The molecule has 644 valence electrons. The third kappa shape index (κ3) is 0. The van der Waals surface area contributed by atoms with Gasteiger partial charge < -0.3 is 0 Å². The predicted octanol–water partition coefficient (Wildman–Crippen LogP) is 47.2. The van der Waals surface area contributed by atoms with Gasteiger partial charge in [-0.25, -0.2) is 0 Å². The SMILES string of the molecule is CC.CC.CC.CC.CC.CC.CC.CC.CC.CC.CC.CC.CC.CC.CC.CC.CC.CC.CC.CC.CC.CC.CC.CC.CC.CC.CC.CC.CC.CC.CC.CC.CC.CC.CC.CC.CC.CC.CC.CC.CC.CC.CC.CC.CC.CC. The van der Waals surface area contributed by atoms with Crippen molar-refractivity contribution in [2.45, 2.75) is 637 Å². The first-order valence-electron chi connectivity index (χ1n) is 46.0. The molecule has 0 saturated carbocycles. The Bertz CT molecular complexity index is 0. The minimum atomic E-state index is 2.00. The van der Waals surface area contributed by atoms with Gasteiger partial charge in [-0.3, -0.25) is 0 Å². The van der Waals surface area contributed by atoms with Crippen LogP contribution >= 0.6 is 0 Å². The highest BCUT2D eigenvalue weighted by Gasteiger charge is 1.02. The fraction of sp³-hybridized carbons (Fsp3) is 1.00. The molecule has 0 heterocycles. The maximum atomic E-state index is 2.00. The normalized spacial score (nSPS) is 3.00. The van der Waals surface area contributed by atoms with Gasteiger partial charge >= 0.3 is 0 Å². The third-order valence-corrected chi connectivity index (χ3v) is 0. The van der Waals surface area contributed by atoms with Crippen LogP contribution in [0.1, 0.15) is 637 Å². The van der Waals surface area contributed by atoms with Crippen molar-refractivity contribution in [3.8, 4) is 0 Å². The summed E-state index contributed by atoms with van der Waals surface area (Å²) >= 11 is 0. The van der Waals surface area contributed by atoms with Crippen LogP contribution < -0.4 is 0 Å². The van der Waals surface area contributed by atoms with Crippen molar-refractivity contribution in [1.29, 1.82) is 0 Å². The molecule has 0 fully saturated rings. The summed E-state index contributed by atoms with van der Waals surface area (Å²) in [5.74, 6) is 0. The molecule has 0 heteroatoms. The third-order valence-electron chi connectivity index (χ3n) is 0. The van der Waals surface area contributed by atoms with E-state index < -0.39 is 0 Å². The average molecular weight is 1380 g/mol. The molecule has 0 spiro atoms. The molecule has 0 amide bonds. The van der Waals surface area contributed by atoms with E-state index in [1.807, 2.05) is 637 Å². The second kappa shape index (κ2) is 0. The fourth-order valence-electron chi connectivity index (χ4n) is 0. The van der Waals surface area contributed by atoms with Gasteiger partial charge in [0.25, 0.3) is 0 Å². The summed E-state index contributed by atoms with van der Waals surface area (Å²) < 4.78 is 0. The molecule has 0 unspecified atom stereocenters. The Kier molecular flexibility index (Phi) is 0. The van der Waals surface area contributed by atoms with Crippen molar-refractivity contribution in [2.75, 3.05) is 0 Å². The molecule has 0 aromatic rings. The first-order valence-corrected chi connectivity index (χ1v) is 46.0. The maximum absolute atomic E-state index is 2.00. The van der Waals surface area contributed by atoms with Crippen LogP contribution in [0.3, 0.4) is 0 Å². The smallest absolute Gasteiger partial charge is 0.0683 e. The topological polar surface area (TPSA) is 0 Å². The Morgan fingerprint density at radius 2 is 0.0217 bits per heavy atom. The van der Waals surface area contributed by atoms with Crippen LogP contribution in [-0.2, 0) is 0 Å². The van der Waals surface area contributed by atoms with Gasteiger partial charge in [-0.15, -0.1) is 0 Å². The zero-order chi connectivity index (χ0) is 92.0. The molecule has 92 heavy (non-hydrogen) atoms. The van der Waals surface area contributed by atoms with E-state index in [0.29, 0.717) is 0 Å². The highest BCUT2D eigenvalue weighted by Crippen LogP contribution is 1.23. The van der Waals surface area contributed by atoms with Crippen LogP contribution in [0.25, 0.3) is 0 Å². The molecule has 0 saturated heterocycles. The predicted molar refractivity (Wildman–Crippen MR) is 522 cm³/mol. The molecule has 0 radical (unpaired) electrons. The van der Waals surface area contributed by atoms with E-state index >= 15 is 0 Å². The number of hydrogen-bond donors (Lipinski definition) is 0. The van der Waals surface area contributed by atoms with E-state index in [2.05, 4.69) is 0 Å². The van der Waals surface area contributed by atoms with Crippen LogP contribution in [0.5, 0.6) is 0 Å². The highest BCUT2D eigenvalue weighted by molar-refractivity contribution is 3.59. The summed E-state index contributed by atoms with van der Waals surface area (Å²) in [6, 6.07) is 0. The van der Waals surface area contributed by atoms with Crippen molar-refractivity contribution in [2.24, 2.45) is 0 Å². The molecule has 0 atom stereocenters. The van der Waals surface area contributed by atoms with Crippen LogP contribution in [0, 0.1) is 0 Å². The van der Waals surface area contributed by atoms with Gasteiger partial charge in [-0.05, 0) is 0 Å². The molecule has 0 aliphatic heterocycles. The maximum Gasteiger partial charge on any atom is -0.0683 e. The van der Waals surface area contributed by atoms with Crippen molar-refractivity contribution in [3.63, 3.8) is 0 Å². The Labute approximate surface area is 633 Å². The summed E-state index contributed by atoms with van der Waals surface area (Å²) in [7, 11) is 0. The lowest BCUT2D eigenvalue weighted by molar-refractivity contribution is 1.50. The molecule has 0 aromatic carbocycles. The molecule has 0 N–H and O–H groups in total. The summed E-state index contributed by atoms with van der Waals surface area (Å²) in [5, 5.41) is 0. The van der Waals surface area contributed by atoms with E-state index in [9.17, 15) is 0 Å². The molecule has 0 rings (SSSR count). The van der Waals surface area contributed by atoms with Gasteiger partial charge in [0, 0.05) is 0 Å². The van der Waals surface area contributed by atoms with Crippen LogP contribution in [0.4, 0.5) is 0 Å². The van der Waals surface area contributed by atoms with Gasteiger partial charge in [0.1, 0.15) is 0 Å². The van der Waals surface area contributed by atoms with E-state index in [4.69, 9.17) is 0 Å². The molecule has 0 nitrogen and oxygen atoms in total. The average Bonchev–Trinajstić information content (AvgIpc) is 3.81. The lowest BCUT2D eigenvalue weighted by atomic mass is 11.0. The lowest BCUT2D eigenvalue weighted by Crippen LogP contribution is -0.856. The van der Waals surface area contributed by atoms with Gasteiger partial charge in [-0.1, -0.05) is 637 Å². The summed E-state index contributed by atoms with van der Waals surface area (Å²) in [6.45, 7) is 184.